The Labute approximate surface area is 82.2 Å². The first kappa shape index (κ1) is 9.24. The van der Waals surface area contributed by atoms with Crippen LogP contribution in [0.2, 0.25) is 0 Å². The van der Waals surface area contributed by atoms with E-state index in [0.29, 0.717) is 13.0 Å². The normalized spacial score (nSPS) is 27.7. The summed E-state index contributed by atoms with van der Waals surface area (Å²) in [5.41, 5.74) is 0.127. The molecule has 0 unspecified atom stereocenters. The Hall–Kier alpha value is -1.32. The van der Waals surface area contributed by atoms with Gasteiger partial charge in [0.25, 0.3) is 0 Å². The minimum absolute atomic E-state index is 0.127. The molecule has 1 aliphatic heterocycles. The van der Waals surface area contributed by atoms with Gasteiger partial charge < -0.3 is 10.0 Å². The highest BCUT2D eigenvalue weighted by molar-refractivity contribution is 5.91. The molecule has 1 amide bonds. The Kier molecular flexibility index (Phi) is 1.87. The van der Waals surface area contributed by atoms with E-state index in [1.54, 1.807) is 0 Å². The van der Waals surface area contributed by atoms with Crippen LogP contribution in [0.4, 0.5) is 0 Å². The van der Waals surface area contributed by atoms with Gasteiger partial charge in [0, 0.05) is 6.54 Å². The summed E-state index contributed by atoms with van der Waals surface area (Å²) >= 11 is 0. The molecule has 0 bridgehead atoms. The van der Waals surface area contributed by atoms with E-state index in [-0.39, 0.29) is 11.3 Å². The van der Waals surface area contributed by atoms with Crippen molar-refractivity contribution in [2.45, 2.75) is 25.3 Å². The number of amides is 1. The summed E-state index contributed by atoms with van der Waals surface area (Å²) in [6.07, 6.45) is 3.91. The van der Waals surface area contributed by atoms with E-state index in [0.717, 1.165) is 12.8 Å². The Balaban J connectivity index is 2.17. The second-order valence-corrected chi connectivity index (χ2v) is 4.23. The highest BCUT2D eigenvalue weighted by atomic mass is 16.4. The van der Waals surface area contributed by atoms with Gasteiger partial charge in [-0.2, -0.15) is 0 Å². The van der Waals surface area contributed by atoms with E-state index in [2.05, 4.69) is 6.58 Å². The van der Waals surface area contributed by atoms with E-state index in [1.165, 1.54) is 11.0 Å². The summed E-state index contributed by atoms with van der Waals surface area (Å²) in [4.78, 5) is 23.7. The zero-order valence-electron chi connectivity index (χ0n) is 7.90. The Morgan fingerprint density at radius 1 is 1.50 bits per heavy atom. The number of hydrogen-bond acceptors (Lipinski definition) is 2. The average molecular weight is 195 g/mol. The third-order valence-electron chi connectivity index (χ3n) is 3.21. The van der Waals surface area contributed by atoms with Crippen molar-refractivity contribution < 1.29 is 14.7 Å². The van der Waals surface area contributed by atoms with Crippen LogP contribution in [0.25, 0.3) is 0 Å². The molecule has 1 heterocycles. The number of aliphatic carboxylic acids is 1. The molecule has 1 spiro atoms. The molecule has 2 fully saturated rings. The molecule has 0 aromatic rings. The Bertz CT molecular complexity index is 306. The summed E-state index contributed by atoms with van der Waals surface area (Å²) in [5, 5.41) is 8.96. The van der Waals surface area contributed by atoms with Crippen molar-refractivity contribution in [3.8, 4) is 0 Å². The molecule has 1 atom stereocenters. The molecule has 1 aliphatic carbocycles. The van der Waals surface area contributed by atoms with Crippen LogP contribution in [0.3, 0.4) is 0 Å². The largest absolute Gasteiger partial charge is 0.480 e. The number of carboxylic acids is 1. The molecule has 0 radical (unpaired) electrons. The number of nitrogens with zero attached hydrogens (tertiary/aromatic N) is 1. The van der Waals surface area contributed by atoms with E-state index in [4.69, 9.17) is 5.11 Å². The van der Waals surface area contributed by atoms with Crippen LogP contribution in [-0.4, -0.2) is 34.5 Å². The van der Waals surface area contributed by atoms with Crippen LogP contribution >= 0.6 is 0 Å². The summed E-state index contributed by atoms with van der Waals surface area (Å²) in [7, 11) is 0. The molecule has 0 aromatic heterocycles. The highest BCUT2D eigenvalue weighted by Gasteiger charge is 2.54. The Morgan fingerprint density at radius 2 is 2.14 bits per heavy atom. The first-order valence-corrected chi connectivity index (χ1v) is 4.74. The van der Waals surface area contributed by atoms with Crippen molar-refractivity contribution in [2.75, 3.05) is 6.54 Å². The van der Waals surface area contributed by atoms with Gasteiger partial charge in [-0.25, -0.2) is 4.79 Å². The predicted octanol–water partition coefficient (Wildman–Crippen LogP) is 0.638. The van der Waals surface area contributed by atoms with Crippen LogP contribution < -0.4 is 0 Å². The van der Waals surface area contributed by atoms with Gasteiger partial charge in [0.15, 0.2) is 0 Å². The van der Waals surface area contributed by atoms with Crippen molar-refractivity contribution in [3.63, 3.8) is 0 Å². The first-order valence-electron chi connectivity index (χ1n) is 4.74. The molecule has 4 heteroatoms. The lowest BCUT2D eigenvalue weighted by Crippen LogP contribution is -2.39. The fourth-order valence-electron chi connectivity index (χ4n) is 2.16. The molecule has 76 valence electrons. The molecule has 4 nitrogen and oxygen atoms in total. The van der Waals surface area contributed by atoms with E-state index in [9.17, 15) is 9.59 Å². The van der Waals surface area contributed by atoms with Crippen LogP contribution in [0, 0.1) is 5.41 Å². The minimum atomic E-state index is -0.899. The summed E-state index contributed by atoms with van der Waals surface area (Å²) < 4.78 is 0. The molecule has 1 saturated heterocycles. The van der Waals surface area contributed by atoms with Crippen LogP contribution in [0.1, 0.15) is 19.3 Å². The quantitative estimate of drug-likeness (QED) is 0.658. The zero-order chi connectivity index (χ0) is 10.3. The van der Waals surface area contributed by atoms with Gasteiger partial charge >= 0.3 is 5.97 Å². The van der Waals surface area contributed by atoms with Gasteiger partial charge in [0.1, 0.15) is 6.04 Å². The maximum Gasteiger partial charge on any atom is 0.326 e. The SMILES string of the molecule is C=CC(=O)N1CC2(CC2)C[C@H]1C(=O)O. The monoisotopic (exact) mass is 195 g/mol. The maximum atomic E-state index is 11.4. The number of carbonyl (C=O) groups is 2. The van der Waals surface area contributed by atoms with Gasteiger partial charge in [-0.3, -0.25) is 4.79 Å². The predicted molar refractivity (Wildman–Crippen MR) is 49.6 cm³/mol. The molecule has 1 saturated carbocycles. The van der Waals surface area contributed by atoms with E-state index in [1.807, 2.05) is 0 Å². The topological polar surface area (TPSA) is 57.6 Å². The van der Waals surface area contributed by atoms with E-state index < -0.39 is 12.0 Å². The van der Waals surface area contributed by atoms with Crippen molar-refractivity contribution in [3.05, 3.63) is 12.7 Å². The van der Waals surface area contributed by atoms with Crippen LogP contribution in [0.5, 0.6) is 0 Å². The van der Waals surface area contributed by atoms with Crippen LogP contribution in [-0.2, 0) is 9.59 Å². The third kappa shape index (κ3) is 1.31. The smallest absolute Gasteiger partial charge is 0.326 e. The Morgan fingerprint density at radius 3 is 2.57 bits per heavy atom. The standard InChI is InChI=1S/C10H13NO3/c1-2-8(12)11-6-10(3-4-10)5-7(11)9(13)14/h2,7H,1,3-6H2,(H,13,14)/t7-/m0/s1. The number of likely N-dealkylation sites (tertiary alicyclic amines) is 1. The second-order valence-electron chi connectivity index (χ2n) is 4.23. The van der Waals surface area contributed by atoms with Gasteiger partial charge in [0.05, 0.1) is 0 Å². The zero-order valence-corrected chi connectivity index (χ0v) is 7.90. The summed E-state index contributed by atoms with van der Waals surface area (Å²) in [6.45, 7) is 3.98. The average Bonchev–Trinajstić information content (AvgIpc) is 2.76. The minimum Gasteiger partial charge on any atom is -0.480 e. The number of rotatable bonds is 2. The summed E-state index contributed by atoms with van der Waals surface area (Å²) in [6, 6.07) is -0.636. The summed E-state index contributed by atoms with van der Waals surface area (Å²) in [5.74, 6) is -1.16. The number of carboxylic acid groups (broad SMARTS) is 1. The lowest BCUT2D eigenvalue weighted by molar-refractivity contribution is -0.146. The molecular formula is C10H13NO3. The van der Waals surface area contributed by atoms with Crippen molar-refractivity contribution in [1.29, 1.82) is 0 Å². The van der Waals surface area contributed by atoms with E-state index >= 15 is 0 Å². The lowest BCUT2D eigenvalue weighted by Gasteiger charge is -2.19. The fourth-order valence-corrected chi connectivity index (χ4v) is 2.16. The molecule has 2 aliphatic rings. The maximum absolute atomic E-state index is 11.4. The number of carbonyl (C=O) groups excluding carboxylic acids is 1. The highest BCUT2D eigenvalue weighted by Crippen LogP contribution is 2.54. The lowest BCUT2D eigenvalue weighted by atomic mass is 10.0. The van der Waals surface area contributed by atoms with Crippen molar-refractivity contribution in [2.24, 2.45) is 5.41 Å². The molecule has 14 heavy (non-hydrogen) atoms. The molecule has 1 N–H and O–H groups in total. The molecule has 2 rings (SSSR count). The van der Waals surface area contributed by atoms with Crippen LogP contribution in [0.15, 0.2) is 12.7 Å². The van der Waals surface area contributed by atoms with Crippen molar-refractivity contribution >= 4 is 11.9 Å². The van der Waals surface area contributed by atoms with Gasteiger partial charge in [0.2, 0.25) is 5.91 Å². The third-order valence-corrected chi connectivity index (χ3v) is 3.21. The number of hydrogen-bond donors (Lipinski definition) is 1. The second kappa shape index (κ2) is 2.83. The van der Waals surface area contributed by atoms with Gasteiger partial charge in [-0.15, -0.1) is 0 Å². The molecular weight excluding hydrogens is 182 g/mol. The van der Waals surface area contributed by atoms with Gasteiger partial charge in [-0.1, -0.05) is 6.58 Å². The van der Waals surface area contributed by atoms with Gasteiger partial charge in [-0.05, 0) is 30.8 Å². The fraction of sp³-hybridized carbons (Fsp3) is 0.600. The first-order chi connectivity index (χ1) is 6.58. The van der Waals surface area contributed by atoms with Crippen molar-refractivity contribution in [1.82, 2.24) is 4.90 Å². The molecule has 0 aromatic carbocycles.